The average Bonchev–Trinajstić information content (AvgIpc) is 2.81. The van der Waals surface area contributed by atoms with E-state index in [9.17, 15) is 13.2 Å². The van der Waals surface area contributed by atoms with E-state index in [-0.39, 0.29) is 10.2 Å². The number of nitrogens with one attached hydrogen (secondary N) is 2. The summed E-state index contributed by atoms with van der Waals surface area (Å²) in [5, 5.41) is 3.09. The maximum absolute atomic E-state index is 12.1. The van der Waals surface area contributed by atoms with Gasteiger partial charge >= 0.3 is 6.36 Å². The minimum atomic E-state index is -4.69. The Morgan fingerprint density at radius 3 is 2.63 bits per heavy atom. The van der Waals surface area contributed by atoms with Gasteiger partial charge in [0.1, 0.15) is 5.75 Å². The summed E-state index contributed by atoms with van der Waals surface area (Å²) in [5.74, 6) is -0.264. The van der Waals surface area contributed by atoms with Crippen LogP contribution in [0.1, 0.15) is 5.56 Å². The van der Waals surface area contributed by atoms with Crippen LogP contribution in [-0.4, -0.2) is 11.3 Å². The summed E-state index contributed by atoms with van der Waals surface area (Å²) in [6.07, 6.45) is -1.06. The Bertz CT molecular complexity index is 540. The van der Waals surface area contributed by atoms with Crippen LogP contribution in [0.25, 0.3) is 0 Å². The summed E-state index contributed by atoms with van der Waals surface area (Å²) in [5.41, 5.74) is 1.74. The summed E-state index contributed by atoms with van der Waals surface area (Å²) < 4.78 is 40.4. The molecule has 0 radical (unpaired) electrons. The number of H-pyrrole nitrogens is 1. The number of hydrogen-bond acceptors (Lipinski definition) is 2. The molecule has 1 aromatic heterocycles. The Kier molecular flexibility index (Phi) is 4.04. The lowest BCUT2D eigenvalue weighted by atomic mass is 10.3. The van der Waals surface area contributed by atoms with E-state index in [1.54, 1.807) is 6.20 Å². The summed E-state index contributed by atoms with van der Waals surface area (Å²) >= 11 is 3.05. The standard InChI is InChI=1S/C12H10BrF3N2O/c13-10-5-9(18-7-8-3-4-17-6-8)1-2-11(10)19-12(14,15)16/h1-6,17-18H,7H2. The fraction of sp³-hybridized carbons (Fsp3) is 0.167. The zero-order valence-electron chi connectivity index (χ0n) is 9.59. The fourth-order valence-corrected chi connectivity index (χ4v) is 1.95. The monoisotopic (exact) mass is 334 g/mol. The number of rotatable bonds is 4. The second-order valence-electron chi connectivity index (χ2n) is 3.77. The molecule has 0 unspecified atom stereocenters. The van der Waals surface area contributed by atoms with Crippen LogP contribution in [0.2, 0.25) is 0 Å². The van der Waals surface area contributed by atoms with Crippen molar-refractivity contribution in [2.75, 3.05) is 5.32 Å². The molecule has 0 saturated carbocycles. The Labute approximate surface area is 115 Å². The zero-order chi connectivity index (χ0) is 13.9. The highest BCUT2D eigenvalue weighted by molar-refractivity contribution is 9.10. The minimum Gasteiger partial charge on any atom is -0.405 e. The number of hydrogen-bond donors (Lipinski definition) is 2. The van der Waals surface area contributed by atoms with E-state index >= 15 is 0 Å². The molecule has 0 bridgehead atoms. The van der Waals surface area contributed by atoms with Crippen molar-refractivity contribution in [2.24, 2.45) is 0 Å². The largest absolute Gasteiger partial charge is 0.573 e. The lowest BCUT2D eigenvalue weighted by Gasteiger charge is -2.12. The normalized spacial score (nSPS) is 11.4. The number of ether oxygens (including phenoxy) is 1. The third-order valence-corrected chi connectivity index (χ3v) is 2.94. The Hall–Kier alpha value is -1.63. The lowest BCUT2D eigenvalue weighted by Crippen LogP contribution is -2.17. The summed E-state index contributed by atoms with van der Waals surface area (Å²) in [6, 6.07) is 6.23. The van der Waals surface area contributed by atoms with Gasteiger partial charge in [0.05, 0.1) is 4.47 Å². The van der Waals surface area contributed by atoms with Gasteiger partial charge in [0.25, 0.3) is 0 Å². The first-order valence-corrected chi connectivity index (χ1v) is 6.14. The molecule has 1 heterocycles. The summed E-state index contributed by atoms with van der Waals surface area (Å²) in [7, 11) is 0. The molecule has 3 nitrogen and oxygen atoms in total. The van der Waals surface area contributed by atoms with Crippen LogP contribution >= 0.6 is 15.9 Å². The van der Waals surface area contributed by atoms with Crippen LogP contribution in [0.3, 0.4) is 0 Å². The lowest BCUT2D eigenvalue weighted by molar-refractivity contribution is -0.274. The molecule has 0 aliphatic rings. The minimum absolute atomic E-state index is 0.240. The Balaban J connectivity index is 2.02. The molecular weight excluding hydrogens is 325 g/mol. The van der Waals surface area contributed by atoms with Crippen molar-refractivity contribution < 1.29 is 17.9 Å². The summed E-state index contributed by atoms with van der Waals surface area (Å²) in [4.78, 5) is 2.92. The molecule has 0 aliphatic carbocycles. The number of alkyl halides is 3. The number of anilines is 1. The molecule has 19 heavy (non-hydrogen) atoms. The van der Waals surface area contributed by atoms with Gasteiger partial charge in [0.15, 0.2) is 0 Å². The van der Waals surface area contributed by atoms with E-state index in [0.29, 0.717) is 12.2 Å². The fourth-order valence-electron chi connectivity index (χ4n) is 1.49. The van der Waals surface area contributed by atoms with Crippen molar-refractivity contribution in [3.05, 3.63) is 46.7 Å². The number of benzene rings is 1. The first-order valence-electron chi connectivity index (χ1n) is 5.35. The van der Waals surface area contributed by atoms with Gasteiger partial charge in [0, 0.05) is 24.6 Å². The quantitative estimate of drug-likeness (QED) is 0.875. The molecule has 7 heteroatoms. The second kappa shape index (κ2) is 5.56. The molecule has 102 valence electrons. The van der Waals surface area contributed by atoms with Crippen LogP contribution in [0, 0.1) is 0 Å². The van der Waals surface area contributed by atoms with Crippen molar-refractivity contribution in [3.8, 4) is 5.75 Å². The average molecular weight is 335 g/mol. The van der Waals surface area contributed by atoms with Crippen LogP contribution in [-0.2, 0) is 6.54 Å². The number of aromatic amines is 1. The molecule has 0 spiro atoms. The number of aromatic nitrogens is 1. The first kappa shape index (κ1) is 13.8. The zero-order valence-corrected chi connectivity index (χ0v) is 11.2. The highest BCUT2D eigenvalue weighted by Crippen LogP contribution is 2.32. The highest BCUT2D eigenvalue weighted by atomic mass is 79.9. The van der Waals surface area contributed by atoms with E-state index in [4.69, 9.17) is 0 Å². The predicted molar refractivity (Wildman–Crippen MR) is 68.9 cm³/mol. The van der Waals surface area contributed by atoms with E-state index in [2.05, 4.69) is 31.0 Å². The SMILES string of the molecule is FC(F)(F)Oc1ccc(NCc2cc[nH]c2)cc1Br. The van der Waals surface area contributed by atoms with Gasteiger partial charge in [-0.25, -0.2) is 0 Å². The second-order valence-corrected chi connectivity index (χ2v) is 4.62. The van der Waals surface area contributed by atoms with Crippen LogP contribution < -0.4 is 10.1 Å². The maximum Gasteiger partial charge on any atom is 0.573 e. The van der Waals surface area contributed by atoms with Gasteiger partial charge in [-0.15, -0.1) is 13.2 Å². The van der Waals surface area contributed by atoms with Gasteiger partial charge < -0.3 is 15.0 Å². The van der Waals surface area contributed by atoms with Crippen molar-refractivity contribution >= 4 is 21.6 Å². The molecule has 0 saturated heterocycles. The molecular formula is C12H10BrF3N2O. The smallest absolute Gasteiger partial charge is 0.405 e. The molecule has 2 N–H and O–H groups in total. The van der Waals surface area contributed by atoms with E-state index < -0.39 is 6.36 Å². The van der Waals surface area contributed by atoms with E-state index in [1.165, 1.54) is 18.2 Å². The van der Waals surface area contributed by atoms with E-state index in [0.717, 1.165) is 5.56 Å². The maximum atomic E-state index is 12.1. The Morgan fingerprint density at radius 2 is 2.05 bits per heavy atom. The highest BCUT2D eigenvalue weighted by Gasteiger charge is 2.31. The van der Waals surface area contributed by atoms with Gasteiger partial charge in [0.2, 0.25) is 0 Å². The van der Waals surface area contributed by atoms with Gasteiger partial charge in [-0.1, -0.05) is 0 Å². The van der Waals surface area contributed by atoms with E-state index in [1.807, 2.05) is 12.3 Å². The van der Waals surface area contributed by atoms with Crippen molar-refractivity contribution in [1.29, 1.82) is 0 Å². The Morgan fingerprint density at radius 1 is 1.26 bits per heavy atom. The third kappa shape index (κ3) is 4.20. The molecule has 2 rings (SSSR count). The van der Waals surface area contributed by atoms with Crippen LogP contribution in [0.15, 0.2) is 41.1 Å². The van der Waals surface area contributed by atoms with Gasteiger partial charge in [-0.3, -0.25) is 0 Å². The van der Waals surface area contributed by atoms with Crippen molar-refractivity contribution in [2.45, 2.75) is 12.9 Å². The topological polar surface area (TPSA) is 37.0 Å². The molecule has 0 fully saturated rings. The molecule has 1 aromatic carbocycles. The van der Waals surface area contributed by atoms with Gasteiger partial charge in [-0.05, 0) is 45.8 Å². The predicted octanol–water partition coefficient (Wildman–Crippen LogP) is 4.29. The molecule has 0 aliphatic heterocycles. The van der Waals surface area contributed by atoms with Crippen molar-refractivity contribution in [3.63, 3.8) is 0 Å². The third-order valence-electron chi connectivity index (χ3n) is 2.32. The molecule has 0 atom stereocenters. The van der Waals surface area contributed by atoms with Crippen molar-refractivity contribution in [1.82, 2.24) is 4.98 Å². The van der Waals surface area contributed by atoms with Crippen LogP contribution in [0.4, 0.5) is 18.9 Å². The van der Waals surface area contributed by atoms with Gasteiger partial charge in [-0.2, -0.15) is 0 Å². The molecule has 2 aromatic rings. The molecule has 0 amide bonds. The first-order chi connectivity index (χ1) is 8.94. The summed E-state index contributed by atoms with van der Waals surface area (Å²) in [6.45, 7) is 0.579. The van der Waals surface area contributed by atoms with Crippen LogP contribution in [0.5, 0.6) is 5.75 Å². The number of halogens is 4.